The Morgan fingerprint density at radius 2 is 1.83 bits per heavy atom. The highest BCUT2D eigenvalue weighted by atomic mass is 35.5. The zero-order valence-electron chi connectivity index (χ0n) is 13.0. The predicted molar refractivity (Wildman–Crippen MR) is 87.8 cm³/mol. The van der Waals surface area contributed by atoms with Gasteiger partial charge < -0.3 is 4.74 Å². The van der Waals surface area contributed by atoms with Crippen molar-refractivity contribution in [1.29, 1.82) is 0 Å². The van der Waals surface area contributed by atoms with E-state index in [0.717, 1.165) is 4.31 Å². The van der Waals surface area contributed by atoms with Crippen molar-refractivity contribution in [2.45, 2.75) is 11.4 Å². The van der Waals surface area contributed by atoms with Crippen LogP contribution in [0.25, 0.3) is 0 Å². The first-order chi connectivity index (χ1) is 11.3. The molecule has 0 atom stereocenters. The van der Waals surface area contributed by atoms with Crippen LogP contribution in [0.15, 0.2) is 47.4 Å². The summed E-state index contributed by atoms with van der Waals surface area (Å²) in [5, 5.41) is 0.151. The third-order valence-corrected chi connectivity index (χ3v) is 5.60. The van der Waals surface area contributed by atoms with Crippen LogP contribution in [0.4, 0.5) is 4.39 Å². The molecule has 128 valence electrons. The zero-order chi connectivity index (χ0) is 17.9. The molecule has 0 heterocycles. The number of ether oxygens (including phenoxy) is 1. The Hall–Kier alpha value is -1.96. The van der Waals surface area contributed by atoms with Gasteiger partial charge in [0.15, 0.2) is 0 Å². The lowest BCUT2D eigenvalue weighted by atomic mass is 10.2. The molecule has 5 nitrogen and oxygen atoms in total. The van der Waals surface area contributed by atoms with Crippen molar-refractivity contribution in [3.63, 3.8) is 0 Å². The lowest BCUT2D eigenvalue weighted by Gasteiger charge is -2.18. The van der Waals surface area contributed by atoms with E-state index in [1.807, 2.05) is 0 Å². The fourth-order valence-corrected chi connectivity index (χ4v) is 3.41. The van der Waals surface area contributed by atoms with Crippen molar-refractivity contribution in [2.75, 3.05) is 14.2 Å². The SMILES string of the molecule is COC(=O)c1ccc(S(=O)(=O)N(C)Cc2c(F)cccc2Cl)cc1. The largest absolute Gasteiger partial charge is 0.465 e. The second-order valence-electron chi connectivity index (χ2n) is 4.98. The van der Waals surface area contributed by atoms with Crippen molar-refractivity contribution in [1.82, 2.24) is 4.31 Å². The van der Waals surface area contributed by atoms with Gasteiger partial charge in [0.25, 0.3) is 0 Å². The molecular weight excluding hydrogens is 357 g/mol. The number of rotatable bonds is 5. The minimum Gasteiger partial charge on any atom is -0.465 e. The maximum Gasteiger partial charge on any atom is 0.337 e. The Morgan fingerprint density at radius 3 is 2.38 bits per heavy atom. The molecule has 24 heavy (non-hydrogen) atoms. The molecule has 0 N–H and O–H groups in total. The van der Waals surface area contributed by atoms with Gasteiger partial charge in [0.05, 0.1) is 17.6 Å². The molecule has 0 unspecified atom stereocenters. The van der Waals surface area contributed by atoms with Gasteiger partial charge in [-0.1, -0.05) is 17.7 Å². The second kappa shape index (κ2) is 7.29. The molecule has 2 rings (SSSR count). The number of hydrogen-bond donors (Lipinski definition) is 0. The second-order valence-corrected chi connectivity index (χ2v) is 7.43. The molecular formula is C16H15ClFNO4S. The highest BCUT2D eigenvalue weighted by molar-refractivity contribution is 7.89. The molecule has 2 aromatic carbocycles. The van der Waals surface area contributed by atoms with Gasteiger partial charge in [-0.3, -0.25) is 0 Å². The number of hydrogen-bond acceptors (Lipinski definition) is 4. The smallest absolute Gasteiger partial charge is 0.337 e. The normalized spacial score (nSPS) is 11.5. The van der Waals surface area contributed by atoms with E-state index in [1.165, 1.54) is 56.6 Å². The summed E-state index contributed by atoms with van der Waals surface area (Å²) in [7, 11) is -1.30. The Morgan fingerprint density at radius 1 is 1.21 bits per heavy atom. The van der Waals surface area contributed by atoms with E-state index in [1.54, 1.807) is 0 Å². The van der Waals surface area contributed by atoms with Gasteiger partial charge in [0.2, 0.25) is 10.0 Å². The van der Waals surface area contributed by atoms with Gasteiger partial charge >= 0.3 is 5.97 Å². The van der Waals surface area contributed by atoms with Crippen LogP contribution in [0.1, 0.15) is 15.9 Å². The van der Waals surface area contributed by atoms with Crippen molar-refractivity contribution >= 4 is 27.6 Å². The quantitative estimate of drug-likeness (QED) is 0.758. The van der Waals surface area contributed by atoms with E-state index in [0.29, 0.717) is 0 Å². The fourth-order valence-electron chi connectivity index (χ4n) is 2.05. The number of nitrogens with zero attached hydrogens (tertiary/aromatic N) is 1. The van der Waals surface area contributed by atoms with Crippen LogP contribution in [-0.4, -0.2) is 32.8 Å². The van der Waals surface area contributed by atoms with Crippen LogP contribution in [-0.2, 0) is 21.3 Å². The summed E-state index contributed by atoms with van der Waals surface area (Å²) in [6.45, 7) is -0.216. The van der Waals surface area contributed by atoms with Crippen molar-refractivity contribution in [2.24, 2.45) is 0 Å². The number of methoxy groups -OCH3 is 1. The van der Waals surface area contributed by atoms with Crippen LogP contribution in [0.2, 0.25) is 5.02 Å². The number of carbonyl (C=O) groups is 1. The van der Waals surface area contributed by atoms with Gasteiger partial charge in [0, 0.05) is 24.2 Å². The Labute approximate surface area is 144 Å². The lowest BCUT2D eigenvalue weighted by molar-refractivity contribution is 0.0600. The van der Waals surface area contributed by atoms with E-state index in [2.05, 4.69) is 4.74 Å². The van der Waals surface area contributed by atoms with Gasteiger partial charge in [-0.25, -0.2) is 17.6 Å². The number of esters is 1. The Kier molecular flexibility index (Phi) is 5.58. The number of halogens is 2. The van der Waals surface area contributed by atoms with Gasteiger partial charge in [-0.15, -0.1) is 0 Å². The van der Waals surface area contributed by atoms with Crippen LogP contribution in [0.5, 0.6) is 0 Å². The Balaban J connectivity index is 2.28. The van der Waals surface area contributed by atoms with E-state index in [4.69, 9.17) is 11.6 Å². The number of carbonyl (C=O) groups excluding carboxylic acids is 1. The topological polar surface area (TPSA) is 63.7 Å². The standard InChI is InChI=1S/C16H15ClFNO4S/c1-19(10-13-14(17)4-3-5-15(13)18)24(21,22)12-8-6-11(7-9-12)16(20)23-2/h3-9H,10H2,1-2H3. The maximum absolute atomic E-state index is 13.8. The third-order valence-electron chi connectivity index (χ3n) is 3.43. The molecule has 0 radical (unpaired) electrons. The average molecular weight is 372 g/mol. The lowest BCUT2D eigenvalue weighted by Crippen LogP contribution is -2.27. The van der Waals surface area contributed by atoms with Gasteiger partial charge in [-0.2, -0.15) is 4.31 Å². The summed E-state index contributed by atoms with van der Waals surface area (Å²) in [4.78, 5) is 11.4. The van der Waals surface area contributed by atoms with E-state index in [-0.39, 0.29) is 27.6 Å². The summed E-state index contributed by atoms with van der Waals surface area (Å²) in [5.74, 6) is -1.14. The zero-order valence-corrected chi connectivity index (χ0v) is 14.6. The first-order valence-electron chi connectivity index (χ1n) is 6.85. The summed E-state index contributed by atoms with van der Waals surface area (Å²) < 4.78 is 44.5. The Bertz CT molecular complexity index is 833. The molecule has 0 aliphatic rings. The highest BCUT2D eigenvalue weighted by Gasteiger charge is 2.23. The molecule has 0 bridgehead atoms. The monoisotopic (exact) mass is 371 g/mol. The number of benzene rings is 2. The molecule has 0 saturated carbocycles. The van der Waals surface area contributed by atoms with Gasteiger partial charge in [0.1, 0.15) is 5.82 Å². The van der Waals surface area contributed by atoms with Crippen molar-refractivity contribution in [3.8, 4) is 0 Å². The molecule has 0 saturated heterocycles. The van der Waals surface area contributed by atoms with Crippen LogP contribution < -0.4 is 0 Å². The van der Waals surface area contributed by atoms with Crippen LogP contribution in [0, 0.1) is 5.82 Å². The molecule has 0 aliphatic heterocycles. The first kappa shape index (κ1) is 18.4. The number of sulfonamides is 1. The first-order valence-corrected chi connectivity index (χ1v) is 8.66. The van der Waals surface area contributed by atoms with Crippen LogP contribution >= 0.6 is 11.6 Å². The molecule has 0 aliphatic carbocycles. The molecule has 8 heteroatoms. The summed E-state index contributed by atoms with van der Waals surface area (Å²) in [6.07, 6.45) is 0. The molecule has 0 aromatic heterocycles. The van der Waals surface area contributed by atoms with Crippen molar-refractivity contribution in [3.05, 3.63) is 64.4 Å². The van der Waals surface area contributed by atoms with E-state index in [9.17, 15) is 17.6 Å². The molecule has 2 aromatic rings. The van der Waals surface area contributed by atoms with Gasteiger partial charge in [-0.05, 0) is 36.4 Å². The summed E-state index contributed by atoms with van der Waals surface area (Å²) in [5.41, 5.74) is 0.327. The minimum absolute atomic E-state index is 0.0230. The predicted octanol–water partition coefficient (Wildman–Crippen LogP) is 3.09. The van der Waals surface area contributed by atoms with Crippen molar-refractivity contribution < 1.29 is 22.3 Å². The summed E-state index contributed by atoms with van der Waals surface area (Å²) in [6, 6.07) is 9.44. The minimum atomic E-state index is -3.86. The molecule has 0 amide bonds. The molecule has 0 spiro atoms. The van der Waals surface area contributed by atoms with E-state index < -0.39 is 21.8 Å². The van der Waals surface area contributed by atoms with Crippen LogP contribution in [0.3, 0.4) is 0 Å². The third kappa shape index (κ3) is 3.75. The average Bonchev–Trinajstić information content (AvgIpc) is 2.57. The maximum atomic E-state index is 13.8. The fraction of sp³-hybridized carbons (Fsp3) is 0.188. The molecule has 0 fully saturated rings. The van der Waals surface area contributed by atoms with E-state index >= 15 is 0 Å². The summed E-state index contributed by atoms with van der Waals surface area (Å²) >= 11 is 5.93. The highest BCUT2D eigenvalue weighted by Crippen LogP contribution is 2.23.